The quantitative estimate of drug-likeness (QED) is 0.0261. The van der Waals surface area contributed by atoms with Gasteiger partial charge in [0, 0.05) is 19.3 Å². The van der Waals surface area contributed by atoms with Gasteiger partial charge in [0.05, 0.1) is 0 Å². The number of allylic oxidation sites excluding steroid dienone is 10. The molecule has 0 aliphatic heterocycles. The fourth-order valence-electron chi connectivity index (χ4n) is 9.75. The normalized spacial score (nSPS) is 12.4. The molecule has 0 saturated heterocycles. The number of unbranched alkanes of at least 4 members (excludes halogenated alkanes) is 40. The van der Waals surface area contributed by atoms with Gasteiger partial charge in [-0.05, 0) is 96.3 Å². The minimum atomic E-state index is -0.785. The highest BCUT2D eigenvalue weighted by molar-refractivity contribution is 5.71. The summed E-state index contributed by atoms with van der Waals surface area (Å²) in [5.41, 5.74) is 0. The zero-order chi connectivity index (χ0) is 55.0. The second kappa shape index (κ2) is 64.6. The molecule has 442 valence electrons. The fourth-order valence-corrected chi connectivity index (χ4v) is 9.75. The van der Waals surface area contributed by atoms with Crippen molar-refractivity contribution in [1.82, 2.24) is 0 Å². The summed E-state index contributed by atoms with van der Waals surface area (Å²) in [6.45, 7) is 6.48. The highest BCUT2D eigenvalue weighted by Crippen LogP contribution is 2.18. The van der Waals surface area contributed by atoms with Crippen molar-refractivity contribution in [2.75, 3.05) is 13.2 Å². The molecule has 76 heavy (non-hydrogen) atoms. The molecule has 0 aromatic carbocycles. The Morgan fingerprint density at radius 1 is 0.276 bits per heavy atom. The lowest BCUT2D eigenvalue weighted by Gasteiger charge is -2.18. The Morgan fingerprint density at radius 3 is 0.868 bits per heavy atom. The van der Waals surface area contributed by atoms with E-state index >= 15 is 0 Å². The molecular weight excluding hydrogens is 937 g/mol. The van der Waals surface area contributed by atoms with Crippen LogP contribution in [0.4, 0.5) is 0 Å². The van der Waals surface area contributed by atoms with Crippen molar-refractivity contribution in [1.29, 1.82) is 0 Å². The van der Waals surface area contributed by atoms with Crippen molar-refractivity contribution >= 4 is 17.9 Å². The lowest BCUT2D eigenvalue weighted by molar-refractivity contribution is -0.167. The smallest absolute Gasteiger partial charge is 0.306 e. The Morgan fingerprint density at radius 2 is 0.539 bits per heavy atom. The molecule has 0 heterocycles. The predicted octanol–water partition coefficient (Wildman–Crippen LogP) is 22.7. The third-order valence-corrected chi connectivity index (χ3v) is 14.7. The van der Waals surface area contributed by atoms with Gasteiger partial charge in [0.1, 0.15) is 13.2 Å². The van der Waals surface area contributed by atoms with Gasteiger partial charge in [0.2, 0.25) is 0 Å². The molecule has 1 unspecified atom stereocenters. The lowest BCUT2D eigenvalue weighted by atomic mass is 10.0. The molecule has 0 fully saturated rings. The van der Waals surface area contributed by atoms with E-state index in [-0.39, 0.29) is 31.1 Å². The second-order valence-electron chi connectivity index (χ2n) is 22.3. The van der Waals surface area contributed by atoms with E-state index in [0.717, 1.165) is 109 Å². The third kappa shape index (κ3) is 62.0. The number of carbonyl (C=O) groups is 3. The molecule has 0 N–H and O–H groups in total. The van der Waals surface area contributed by atoms with Crippen LogP contribution in [-0.4, -0.2) is 37.2 Å². The molecule has 6 heteroatoms. The number of hydrogen-bond acceptors (Lipinski definition) is 6. The summed E-state index contributed by atoms with van der Waals surface area (Å²) in [4.78, 5) is 38.1. The van der Waals surface area contributed by atoms with E-state index in [4.69, 9.17) is 14.2 Å². The molecule has 1 atom stereocenters. The molecule has 0 saturated carbocycles. The molecule has 0 bridgehead atoms. The first-order valence-corrected chi connectivity index (χ1v) is 33.3. The van der Waals surface area contributed by atoms with Crippen molar-refractivity contribution in [3.8, 4) is 0 Å². The molecule has 0 rings (SSSR count). The van der Waals surface area contributed by atoms with Crippen LogP contribution >= 0.6 is 0 Å². The van der Waals surface area contributed by atoms with E-state index in [2.05, 4.69) is 81.5 Å². The summed E-state index contributed by atoms with van der Waals surface area (Å²) >= 11 is 0. The zero-order valence-electron chi connectivity index (χ0n) is 50.8. The molecule has 0 radical (unpaired) electrons. The van der Waals surface area contributed by atoms with Crippen LogP contribution in [0.5, 0.6) is 0 Å². The van der Waals surface area contributed by atoms with Gasteiger partial charge in [0.15, 0.2) is 6.10 Å². The average Bonchev–Trinajstić information content (AvgIpc) is 3.42. The highest BCUT2D eigenvalue weighted by atomic mass is 16.6. The van der Waals surface area contributed by atoms with Gasteiger partial charge < -0.3 is 14.2 Å². The predicted molar refractivity (Wildman–Crippen MR) is 330 cm³/mol. The number of esters is 3. The van der Waals surface area contributed by atoms with Crippen molar-refractivity contribution in [3.63, 3.8) is 0 Å². The van der Waals surface area contributed by atoms with Gasteiger partial charge in [-0.25, -0.2) is 0 Å². The molecule has 6 nitrogen and oxygen atoms in total. The maximum Gasteiger partial charge on any atom is 0.306 e. The molecule has 0 amide bonds. The van der Waals surface area contributed by atoms with E-state index in [1.807, 2.05) is 0 Å². The maximum atomic E-state index is 12.8. The summed E-state index contributed by atoms with van der Waals surface area (Å²) in [7, 11) is 0. The molecular formula is C70H126O6. The molecule has 0 aromatic rings. The van der Waals surface area contributed by atoms with Crippen LogP contribution in [0, 0.1) is 0 Å². The van der Waals surface area contributed by atoms with Crippen LogP contribution in [0.1, 0.15) is 348 Å². The number of ether oxygens (including phenoxy) is 3. The van der Waals surface area contributed by atoms with Crippen LogP contribution in [0.25, 0.3) is 0 Å². The van der Waals surface area contributed by atoms with Crippen LogP contribution in [0.3, 0.4) is 0 Å². The van der Waals surface area contributed by atoms with Crippen molar-refractivity contribution in [2.45, 2.75) is 354 Å². The van der Waals surface area contributed by atoms with Gasteiger partial charge in [-0.15, -0.1) is 0 Å². The van der Waals surface area contributed by atoms with Crippen molar-refractivity contribution < 1.29 is 28.6 Å². The topological polar surface area (TPSA) is 78.9 Å². The number of hydrogen-bond donors (Lipinski definition) is 0. The van der Waals surface area contributed by atoms with Gasteiger partial charge in [-0.1, -0.05) is 293 Å². The highest BCUT2D eigenvalue weighted by Gasteiger charge is 2.19. The Labute approximate surface area is 472 Å². The van der Waals surface area contributed by atoms with Gasteiger partial charge >= 0.3 is 17.9 Å². The summed E-state index contributed by atoms with van der Waals surface area (Å²) in [6.07, 6.45) is 82.7. The first-order chi connectivity index (χ1) is 37.5. The van der Waals surface area contributed by atoms with E-state index in [1.54, 1.807) is 0 Å². The summed E-state index contributed by atoms with van der Waals surface area (Å²) in [5.74, 6) is -0.895. The Hall–Kier alpha value is -2.89. The standard InChI is InChI=1S/C70H126O6/c1-4-7-10-13-16-19-22-24-26-27-28-29-30-31-32-33-34-35-36-37-38-39-40-41-42-43-45-46-48-51-54-57-60-63-69(72)75-66-67(65-74-68(71)62-59-56-53-50-21-18-15-12-9-6-3)76-70(73)64-61-58-55-52-49-47-44-25-23-20-17-14-11-8-5-2/h8,11-12,15,17,20,25,27-28,44,67H,4-7,9-10,13-14,16,18-19,21-24,26,29-43,45-66H2,1-3H3/b11-8-,15-12-,20-17-,28-27-,44-25-. The largest absolute Gasteiger partial charge is 0.462 e. The summed E-state index contributed by atoms with van der Waals surface area (Å²) in [6, 6.07) is 0. The van der Waals surface area contributed by atoms with Crippen LogP contribution in [0.15, 0.2) is 60.8 Å². The van der Waals surface area contributed by atoms with Crippen molar-refractivity contribution in [3.05, 3.63) is 60.8 Å². The zero-order valence-corrected chi connectivity index (χ0v) is 50.8. The van der Waals surface area contributed by atoms with Crippen LogP contribution < -0.4 is 0 Å². The van der Waals surface area contributed by atoms with E-state index in [9.17, 15) is 14.4 Å². The van der Waals surface area contributed by atoms with Gasteiger partial charge in [-0.2, -0.15) is 0 Å². The Bertz CT molecular complexity index is 1360. The minimum Gasteiger partial charge on any atom is -0.462 e. The van der Waals surface area contributed by atoms with E-state index in [1.165, 1.54) is 199 Å². The number of rotatable bonds is 61. The second-order valence-corrected chi connectivity index (χ2v) is 22.3. The van der Waals surface area contributed by atoms with E-state index in [0.29, 0.717) is 19.3 Å². The Balaban J connectivity index is 4.04. The maximum absolute atomic E-state index is 12.8. The van der Waals surface area contributed by atoms with Gasteiger partial charge in [-0.3, -0.25) is 14.4 Å². The summed E-state index contributed by atoms with van der Waals surface area (Å²) in [5, 5.41) is 0. The van der Waals surface area contributed by atoms with Crippen molar-refractivity contribution in [2.24, 2.45) is 0 Å². The SMILES string of the molecule is CC/C=C\C/C=C\C/C=C\CCCCCCCC(=O)OC(COC(=O)CCCCCCC/C=C\CCC)COC(=O)CCCCCCCCCCCCCCCCCCCCCCC/C=C\CCCCCCCCCC. The first-order valence-electron chi connectivity index (χ1n) is 33.3. The summed E-state index contributed by atoms with van der Waals surface area (Å²) < 4.78 is 16.9. The fraction of sp³-hybridized carbons (Fsp3) is 0.814. The molecule has 0 aliphatic rings. The Kier molecular flexibility index (Phi) is 62.2. The average molecular weight is 1060 g/mol. The monoisotopic (exact) mass is 1060 g/mol. The van der Waals surface area contributed by atoms with Gasteiger partial charge in [0.25, 0.3) is 0 Å². The molecule has 0 aromatic heterocycles. The third-order valence-electron chi connectivity index (χ3n) is 14.7. The van der Waals surface area contributed by atoms with Crippen LogP contribution in [0.2, 0.25) is 0 Å². The first kappa shape index (κ1) is 73.1. The van der Waals surface area contributed by atoms with E-state index < -0.39 is 6.10 Å². The number of carbonyl (C=O) groups excluding carboxylic acids is 3. The molecule has 0 aliphatic carbocycles. The lowest BCUT2D eigenvalue weighted by Crippen LogP contribution is -2.30. The molecule has 0 spiro atoms. The van der Waals surface area contributed by atoms with Crippen LogP contribution in [-0.2, 0) is 28.6 Å². The minimum absolute atomic E-state index is 0.0813.